The van der Waals surface area contributed by atoms with Crippen LogP contribution in [0.5, 0.6) is 5.75 Å². The standard InChI is InChI=1S/C9H10BrNOS/c10-7-1-3-8(4-2-7)12-6-5-9(11)13/h1-4H,5-6H2,(H2,11,13). The molecule has 0 radical (unpaired) electrons. The molecular weight excluding hydrogens is 250 g/mol. The number of benzene rings is 1. The van der Waals surface area contributed by atoms with Gasteiger partial charge in [0.15, 0.2) is 0 Å². The highest BCUT2D eigenvalue weighted by Crippen LogP contribution is 2.15. The molecule has 70 valence electrons. The van der Waals surface area contributed by atoms with Gasteiger partial charge in [0.2, 0.25) is 0 Å². The van der Waals surface area contributed by atoms with E-state index in [2.05, 4.69) is 15.9 Å². The molecule has 0 aliphatic rings. The first kappa shape index (κ1) is 10.5. The lowest BCUT2D eigenvalue weighted by molar-refractivity contribution is 0.329. The molecule has 0 aliphatic carbocycles. The summed E-state index contributed by atoms with van der Waals surface area (Å²) in [5.74, 6) is 0.833. The van der Waals surface area contributed by atoms with E-state index >= 15 is 0 Å². The van der Waals surface area contributed by atoms with Gasteiger partial charge in [-0.3, -0.25) is 0 Å². The molecule has 0 aromatic heterocycles. The highest BCUT2D eigenvalue weighted by atomic mass is 79.9. The Hall–Kier alpha value is -0.610. The molecule has 13 heavy (non-hydrogen) atoms. The SMILES string of the molecule is NC(=S)CCOc1ccc(Br)cc1. The van der Waals surface area contributed by atoms with Gasteiger partial charge < -0.3 is 10.5 Å². The predicted molar refractivity (Wildman–Crippen MR) is 61.0 cm³/mol. The van der Waals surface area contributed by atoms with Gasteiger partial charge in [-0.25, -0.2) is 0 Å². The van der Waals surface area contributed by atoms with Crippen molar-refractivity contribution in [1.82, 2.24) is 0 Å². The Bertz CT molecular complexity index is 286. The predicted octanol–water partition coefficient (Wildman–Crippen LogP) is 2.50. The average molecular weight is 260 g/mol. The summed E-state index contributed by atoms with van der Waals surface area (Å²) in [7, 11) is 0. The fraction of sp³-hybridized carbons (Fsp3) is 0.222. The highest BCUT2D eigenvalue weighted by Gasteiger charge is 1.94. The Morgan fingerprint density at radius 3 is 2.54 bits per heavy atom. The van der Waals surface area contributed by atoms with Crippen molar-refractivity contribution >= 4 is 33.1 Å². The number of hydrogen-bond acceptors (Lipinski definition) is 2. The summed E-state index contributed by atoms with van der Waals surface area (Å²) in [6.45, 7) is 0.539. The Morgan fingerprint density at radius 1 is 1.38 bits per heavy atom. The van der Waals surface area contributed by atoms with Crippen LogP contribution in [-0.2, 0) is 0 Å². The highest BCUT2D eigenvalue weighted by molar-refractivity contribution is 9.10. The van der Waals surface area contributed by atoms with Gasteiger partial charge in [-0.2, -0.15) is 0 Å². The first-order valence-corrected chi connectivity index (χ1v) is 5.05. The number of rotatable bonds is 4. The van der Waals surface area contributed by atoms with Gasteiger partial charge >= 0.3 is 0 Å². The monoisotopic (exact) mass is 259 g/mol. The molecule has 0 amide bonds. The van der Waals surface area contributed by atoms with Gasteiger partial charge in [0.25, 0.3) is 0 Å². The zero-order valence-corrected chi connectivity index (χ0v) is 9.40. The summed E-state index contributed by atoms with van der Waals surface area (Å²) in [4.78, 5) is 0.483. The first-order valence-electron chi connectivity index (χ1n) is 3.85. The number of hydrogen-bond donors (Lipinski definition) is 1. The van der Waals surface area contributed by atoms with Gasteiger partial charge in [-0.15, -0.1) is 0 Å². The van der Waals surface area contributed by atoms with Crippen molar-refractivity contribution in [2.75, 3.05) is 6.61 Å². The van der Waals surface area contributed by atoms with Crippen molar-refractivity contribution in [2.45, 2.75) is 6.42 Å². The van der Waals surface area contributed by atoms with E-state index in [4.69, 9.17) is 22.7 Å². The molecule has 0 heterocycles. The molecule has 1 aromatic rings. The van der Waals surface area contributed by atoms with Crippen LogP contribution in [0.4, 0.5) is 0 Å². The summed E-state index contributed by atoms with van der Waals surface area (Å²) in [6.07, 6.45) is 0.616. The number of ether oxygens (including phenoxy) is 1. The minimum Gasteiger partial charge on any atom is -0.493 e. The molecule has 0 unspecified atom stereocenters. The second-order valence-corrected chi connectivity index (χ2v) is 3.96. The minimum absolute atomic E-state index is 0.483. The van der Waals surface area contributed by atoms with Crippen molar-refractivity contribution in [2.24, 2.45) is 5.73 Å². The van der Waals surface area contributed by atoms with Crippen molar-refractivity contribution in [3.8, 4) is 5.75 Å². The van der Waals surface area contributed by atoms with Gasteiger partial charge in [0.1, 0.15) is 5.75 Å². The molecule has 0 spiro atoms. The fourth-order valence-electron chi connectivity index (χ4n) is 0.800. The molecule has 1 rings (SSSR count). The third kappa shape index (κ3) is 4.24. The third-order valence-electron chi connectivity index (χ3n) is 1.43. The van der Waals surface area contributed by atoms with E-state index in [1.807, 2.05) is 24.3 Å². The minimum atomic E-state index is 0.483. The molecule has 0 bridgehead atoms. The zero-order chi connectivity index (χ0) is 9.68. The molecule has 0 fully saturated rings. The van der Waals surface area contributed by atoms with Crippen LogP contribution in [0, 0.1) is 0 Å². The topological polar surface area (TPSA) is 35.2 Å². The summed E-state index contributed by atoms with van der Waals surface area (Å²) >= 11 is 8.06. The van der Waals surface area contributed by atoms with Gasteiger partial charge in [-0.1, -0.05) is 28.1 Å². The van der Waals surface area contributed by atoms with Crippen LogP contribution in [0.1, 0.15) is 6.42 Å². The van der Waals surface area contributed by atoms with E-state index in [1.54, 1.807) is 0 Å². The maximum absolute atomic E-state index is 5.38. The lowest BCUT2D eigenvalue weighted by atomic mass is 10.3. The van der Waals surface area contributed by atoms with Gasteiger partial charge in [0, 0.05) is 10.9 Å². The van der Waals surface area contributed by atoms with Crippen molar-refractivity contribution < 1.29 is 4.74 Å². The van der Waals surface area contributed by atoms with Crippen molar-refractivity contribution in [3.63, 3.8) is 0 Å². The maximum Gasteiger partial charge on any atom is 0.119 e. The Morgan fingerprint density at radius 2 is 2.00 bits per heavy atom. The number of nitrogens with two attached hydrogens (primary N) is 1. The van der Waals surface area contributed by atoms with E-state index in [-0.39, 0.29) is 0 Å². The zero-order valence-electron chi connectivity index (χ0n) is 7.00. The Balaban J connectivity index is 2.37. The quantitative estimate of drug-likeness (QED) is 0.845. The third-order valence-corrected chi connectivity index (χ3v) is 2.16. The largest absolute Gasteiger partial charge is 0.493 e. The van der Waals surface area contributed by atoms with Crippen LogP contribution in [0.25, 0.3) is 0 Å². The van der Waals surface area contributed by atoms with Crippen molar-refractivity contribution in [3.05, 3.63) is 28.7 Å². The number of thiocarbonyl (C=S) groups is 1. The average Bonchev–Trinajstić information content (AvgIpc) is 2.08. The Kier molecular flexibility index (Phi) is 4.18. The summed E-state index contributed by atoms with van der Waals surface area (Å²) < 4.78 is 6.42. The molecular formula is C9H10BrNOS. The van der Waals surface area contributed by atoms with E-state index in [0.29, 0.717) is 18.0 Å². The van der Waals surface area contributed by atoms with Crippen LogP contribution in [-0.4, -0.2) is 11.6 Å². The fourth-order valence-corrected chi connectivity index (χ4v) is 1.15. The summed E-state index contributed by atoms with van der Waals surface area (Å²) in [5.41, 5.74) is 5.32. The van der Waals surface area contributed by atoms with Crippen molar-refractivity contribution in [1.29, 1.82) is 0 Å². The van der Waals surface area contributed by atoms with Gasteiger partial charge in [-0.05, 0) is 24.3 Å². The molecule has 0 saturated heterocycles. The smallest absolute Gasteiger partial charge is 0.119 e. The van der Waals surface area contributed by atoms with Crippen LogP contribution in [0.2, 0.25) is 0 Å². The second kappa shape index (κ2) is 5.19. The molecule has 2 nitrogen and oxygen atoms in total. The normalized spacial score (nSPS) is 9.62. The lowest BCUT2D eigenvalue weighted by Crippen LogP contribution is -2.12. The number of halogens is 1. The molecule has 2 N–H and O–H groups in total. The molecule has 0 atom stereocenters. The van der Waals surface area contributed by atoms with Crippen LogP contribution < -0.4 is 10.5 Å². The summed E-state index contributed by atoms with van der Waals surface area (Å²) in [6, 6.07) is 7.64. The van der Waals surface area contributed by atoms with E-state index < -0.39 is 0 Å². The van der Waals surface area contributed by atoms with Crippen LogP contribution in [0.3, 0.4) is 0 Å². The van der Waals surface area contributed by atoms with E-state index in [0.717, 1.165) is 10.2 Å². The van der Waals surface area contributed by atoms with E-state index in [9.17, 15) is 0 Å². The second-order valence-electron chi connectivity index (χ2n) is 2.52. The molecule has 0 aliphatic heterocycles. The van der Waals surface area contributed by atoms with E-state index in [1.165, 1.54) is 0 Å². The summed E-state index contributed by atoms with van der Waals surface area (Å²) in [5, 5.41) is 0. The van der Waals surface area contributed by atoms with Gasteiger partial charge in [0.05, 0.1) is 11.6 Å². The lowest BCUT2D eigenvalue weighted by Gasteiger charge is -2.04. The molecule has 0 saturated carbocycles. The van der Waals surface area contributed by atoms with Crippen LogP contribution >= 0.6 is 28.1 Å². The maximum atomic E-state index is 5.38. The molecule has 4 heteroatoms. The first-order chi connectivity index (χ1) is 6.18. The molecule has 1 aromatic carbocycles. The Labute approximate surface area is 91.2 Å². The van der Waals surface area contributed by atoms with Crippen LogP contribution in [0.15, 0.2) is 28.7 Å².